The van der Waals surface area contributed by atoms with Crippen molar-refractivity contribution in [3.05, 3.63) is 235 Å². The van der Waals surface area contributed by atoms with E-state index in [0.29, 0.717) is 5.92 Å². The molecule has 0 saturated heterocycles. The molecule has 2 bridgehead atoms. The van der Waals surface area contributed by atoms with Crippen molar-refractivity contribution in [2.45, 2.75) is 50.9 Å². The molecule has 310 valence electrons. The monoisotopic (exact) mass is 839 g/mol. The van der Waals surface area contributed by atoms with Crippen LogP contribution in [0.1, 0.15) is 62.1 Å². The van der Waals surface area contributed by atoms with Crippen LogP contribution in [0.3, 0.4) is 0 Å². The Balaban J connectivity index is 1.07. The first-order chi connectivity index (χ1) is 31.5. The summed E-state index contributed by atoms with van der Waals surface area (Å²) in [5, 5.41) is 8.04. The molecule has 2 heteroatoms. The van der Waals surface area contributed by atoms with Crippen LogP contribution in [0.15, 0.2) is 218 Å². The van der Waals surface area contributed by atoms with E-state index in [1.165, 1.54) is 108 Å². The Labute approximate surface area is 379 Å². The fourth-order valence-electron chi connectivity index (χ4n) is 12.4. The van der Waals surface area contributed by atoms with Gasteiger partial charge in [-0.2, -0.15) is 0 Å². The van der Waals surface area contributed by atoms with Crippen molar-refractivity contribution in [3.63, 3.8) is 0 Å². The van der Waals surface area contributed by atoms with Crippen LogP contribution in [0.2, 0.25) is 0 Å². The number of rotatable bonds is 9. The molecule has 9 aromatic rings. The number of nitrogens with zero attached hydrogens (tertiary/aromatic N) is 1. The van der Waals surface area contributed by atoms with E-state index in [1.54, 1.807) is 0 Å². The Morgan fingerprint density at radius 1 is 0.438 bits per heavy atom. The lowest BCUT2D eigenvalue weighted by molar-refractivity contribution is 0.420. The van der Waals surface area contributed by atoms with Gasteiger partial charge in [0.05, 0.1) is 0 Å². The van der Waals surface area contributed by atoms with Crippen molar-refractivity contribution in [3.8, 4) is 22.3 Å². The van der Waals surface area contributed by atoms with Gasteiger partial charge < -0.3 is 4.90 Å². The lowest BCUT2D eigenvalue weighted by Gasteiger charge is -2.35. The Hall–Kier alpha value is -6.74. The molecule has 0 spiro atoms. The summed E-state index contributed by atoms with van der Waals surface area (Å²) in [4.78, 5) is 2.54. The maximum absolute atomic E-state index is 2.71. The van der Waals surface area contributed by atoms with Gasteiger partial charge in [-0.25, -0.2) is 0 Å². The van der Waals surface area contributed by atoms with Gasteiger partial charge >= 0.3 is 0 Å². The molecule has 12 rings (SSSR count). The smallest absolute Gasteiger partial charge is 0.179 e. The molecule has 0 heterocycles. The van der Waals surface area contributed by atoms with Gasteiger partial charge in [-0.1, -0.05) is 196 Å². The molecule has 3 atom stereocenters. The van der Waals surface area contributed by atoms with Crippen molar-refractivity contribution in [2.75, 3.05) is 4.90 Å². The number of hydrogen-bond donors (Lipinski definition) is 0. The van der Waals surface area contributed by atoms with Crippen LogP contribution in [0.5, 0.6) is 0 Å². The Kier molecular flexibility index (Phi) is 9.42. The third-order valence-electron chi connectivity index (χ3n) is 15.5. The minimum atomic E-state index is -2.71. The summed E-state index contributed by atoms with van der Waals surface area (Å²) in [5.74, 6) is 2.44. The highest BCUT2D eigenvalue weighted by Crippen LogP contribution is 2.55. The average molecular weight is 840 g/mol. The van der Waals surface area contributed by atoms with Crippen LogP contribution in [-0.2, 0) is 5.41 Å². The fourth-order valence-corrected chi connectivity index (χ4v) is 17.2. The summed E-state index contributed by atoms with van der Waals surface area (Å²) in [7, 11) is -2.71. The molecule has 64 heavy (non-hydrogen) atoms. The number of fused-ring (bicyclic) bond motifs is 6. The van der Waals surface area contributed by atoms with Gasteiger partial charge in [-0.3, -0.25) is 0 Å². The van der Waals surface area contributed by atoms with Crippen LogP contribution in [0.25, 0.3) is 33.0 Å². The Morgan fingerprint density at radius 3 is 1.61 bits per heavy atom. The highest BCUT2D eigenvalue weighted by Gasteiger charge is 2.43. The number of benzene rings is 9. The normalized spacial score (nSPS) is 18.2. The molecular formula is C62H53NSi. The van der Waals surface area contributed by atoms with E-state index in [4.69, 9.17) is 0 Å². The second kappa shape index (κ2) is 15.5. The van der Waals surface area contributed by atoms with Crippen LogP contribution in [0, 0.1) is 11.8 Å². The third-order valence-corrected chi connectivity index (χ3v) is 20.3. The van der Waals surface area contributed by atoms with Gasteiger partial charge in [0.15, 0.2) is 8.07 Å². The average Bonchev–Trinajstić information content (AvgIpc) is 4.06. The lowest BCUT2D eigenvalue weighted by Crippen LogP contribution is -2.74. The first kappa shape index (κ1) is 38.9. The maximum Gasteiger partial charge on any atom is 0.179 e. The molecule has 3 aliphatic carbocycles. The molecule has 0 radical (unpaired) electrons. The topological polar surface area (TPSA) is 3.24 Å². The number of hydrogen-bond acceptors (Lipinski definition) is 1. The highest BCUT2D eigenvalue weighted by atomic mass is 28.3. The SMILES string of the molecule is CC1(C)c2ccccc2-c2c(-c3ccc4ccccc4c3)cc(N(c3ccc(C4CC5CCC4C5)cc3)c3ccc([Si](c4ccccc4)(c4ccccc4)c4ccccc4)cc3)cc21. The summed E-state index contributed by atoms with van der Waals surface area (Å²) in [6.07, 6.45) is 5.57. The minimum Gasteiger partial charge on any atom is -0.310 e. The van der Waals surface area contributed by atoms with E-state index >= 15 is 0 Å². The minimum absolute atomic E-state index is 0.180. The zero-order valence-corrected chi connectivity index (χ0v) is 37.8. The predicted octanol–water partition coefficient (Wildman–Crippen LogP) is 13.6. The van der Waals surface area contributed by atoms with Crippen molar-refractivity contribution in [1.82, 2.24) is 0 Å². The largest absolute Gasteiger partial charge is 0.310 e. The van der Waals surface area contributed by atoms with E-state index in [-0.39, 0.29) is 5.41 Å². The molecule has 9 aromatic carbocycles. The summed E-state index contributed by atoms with van der Waals surface area (Å²) in [5.41, 5.74) is 12.8. The molecule has 3 aliphatic rings. The predicted molar refractivity (Wildman–Crippen MR) is 273 cm³/mol. The van der Waals surface area contributed by atoms with Crippen molar-refractivity contribution >= 4 is 56.7 Å². The quantitative estimate of drug-likeness (QED) is 0.103. The van der Waals surface area contributed by atoms with Crippen LogP contribution < -0.4 is 25.6 Å². The molecule has 2 saturated carbocycles. The molecular weight excluding hydrogens is 787 g/mol. The standard InChI is InChI=1S/C62H53NSi/c1-62(2)59-25-15-14-24-56(59)61-58(48-29-28-44-16-12-13-17-46(44)40-48)41-51(42-60(61)62)63(49-32-30-45(31-33-49)57-39-43-26-27-47(57)38-43)50-34-36-55(37-35-50)64(52-18-6-3-7-19-52,53-20-8-4-9-21-53)54-22-10-5-11-23-54/h3-25,28-37,40-43,47,57H,26-27,38-39H2,1-2H3. The van der Waals surface area contributed by atoms with Crippen LogP contribution in [0.4, 0.5) is 17.1 Å². The summed E-state index contributed by atoms with van der Waals surface area (Å²) < 4.78 is 0. The van der Waals surface area contributed by atoms with E-state index < -0.39 is 8.07 Å². The summed E-state index contributed by atoms with van der Waals surface area (Å²) in [6, 6.07) is 83.1. The second-order valence-electron chi connectivity index (χ2n) is 19.3. The zero-order valence-electron chi connectivity index (χ0n) is 36.8. The zero-order chi connectivity index (χ0) is 42.8. The van der Waals surface area contributed by atoms with Crippen LogP contribution in [-0.4, -0.2) is 8.07 Å². The molecule has 1 nitrogen and oxygen atoms in total. The molecule has 0 aromatic heterocycles. The highest BCUT2D eigenvalue weighted by molar-refractivity contribution is 7.19. The first-order valence-electron chi connectivity index (χ1n) is 23.4. The fraction of sp³-hybridized carbons (Fsp3) is 0.161. The molecule has 3 unspecified atom stereocenters. The van der Waals surface area contributed by atoms with Crippen LogP contribution >= 0.6 is 0 Å². The lowest BCUT2D eigenvalue weighted by atomic mass is 9.81. The first-order valence-corrected chi connectivity index (χ1v) is 25.4. The van der Waals surface area contributed by atoms with E-state index in [0.717, 1.165) is 17.5 Å². The van der Waals surface area contributed by atoms with Crippen molar-refractivity contribution in [2.24, 2.45) is 11.8 Å². The third kappa shape index (κ3) is 6.26. The Bertz CT molecular complexity index is 3040. The van der Waals surface area contributed by atoms with Gasteiger partial charge in [0, 0.05) is 22.5 Å². The van der Waals surface area contributed by atoms with E-state index in [1.807, 2.05) is 0 Å². The van der Waals surface area contributed by atoms with Gasteiger partial charge in [0.2, 0.25) is 0 Å². The van der Waals surface area contributed by atoms with Crippen molar-refractivity contribution in [1.29, 1.82) is 0 Å². The van der Waals surface area contributed by atoms with Gasteiger partial charge in [0.1, 0.15) is 0 Å². The van der Waals surface area contributed by atoms with E-state index in [9.17, 15) is 0 Å². The molecule has 0 N–H and O–H groups in total. The second-order valence-corrected chi connectivity index (χ2v) is 23.1. The van der Waals surface area contributed by atoms with Gasteiger partial charge in [-0.05, 0) is 150 Å². The molecule has 0 amide bonds. The Morgan fingerprint density at radius 2 is 1.00 bits per heavy atom. The molecule has 2 fully saturated rings. The number of anilines is 3. The van der Waals surface area contributed by atoms with Gasteiger partial charge in [-0.15, -0.1) is 0 Å². The van der Waals surface area contributed by atoms with Crippen molar-refractivity contribution < 1.29 is 0 Å². The summed E-state index contributed by atoms with van der Waals surface area (Å²) in [6.45, 7) is 4.83. The van der Waals surface area contributed by atoms with Gasteiger partial charge in [0.25, 0.3) is 0 Å². The summed E-state index contributed by atoms with van der Waals surface area (Å²) >= 11 is 0. The molecule has 0 aliphatic heterocycles. The maximum atomic E-state index is 2.54. The van der Waals surface area contributed by atoms with E-state index in [2.05, 4.69) is 237 Å².